The highest BCUT2D eigenvalue weighted by atomic mass is 19.3. The summed E-state index contributed by atoms with van der Waals surface area (Å²) in [6, 6.07) is 3.07. The minimum absolute atomic E-state index is 0.171. The van der Waals surface area contributed by atoms with Crippen LogP contribution in [0.4, 0.5) is 14.5 Å². The van der Waals surface area contributed by atoms with Crippen LogP contribution in [0.5, 0.6) is 0 Å². The van der Waals surface area contributed by atoms with E-state index >= 15 is 0 Å². The zero-order chi connectivity index (χ0) is 20.4. The number of pyridine rings is 1. The van der Waals surface area contributed by atoms with E-state index in [-0.39, 0.29) is 12.5 Å². The fourth-order valence-electron chi connectivity index (χ4n) is 4.43. The first-order valence-corrected chi connectivity index (χ1v) is 10.6. The highest BCUT2D eigenvalue weighted by molar-refractivity contribution is 6.08. The molecule has 29 heavy (non-hydrogen) atoms. The van der Waals surface area contributed by atoms with Crippen molar-refractivity contribution < 1.29 is 13.6 Å². The molecule has 2 fully saturated rings. The summed E-state index contributed by atoms with van der Waals surface area (Å²) in [6.45, 7) is 0.547. The summed E-state index contributed by atoms with van der Waals surface area (Å²) in [5.41, 5.74) is 2.79. The predicted molar refractivity (Wildman–Crippen MR) is 109 cm³/mol. The molecule has 5 rings (SSSR count). The number of nitrogens with zero attached hydrogens (tertiary/aromatic N) is 3. The van der Waals surface area contributed by atoms with Crippen LogP contribution in [0.1, 0.15) is 55.3 Å². The van der Waals surface area contributed by atoms with Crippen molar-refractivity contribution in [1.82, 2.24) is 20.2 Å². The number of anilines is 1. The first kappa shape index (κ1) is 20.1. The van der Waals surface area contributed by atoms with Crippen LogP contribution in [0.25, 0.3) is 11.0 Å². The Labute approximate surface area is 169 Å². The average Bonchev–Trinajstić information content (AvgIpc) is 3.45. The second-order valence-electron chi connectivity index (χ2n) is 8.12. The third-order valence-electron chi connectivity index (χ3n) is 6.00. The van der Waals surface area contributed by atoms with E-state index in [1.807, 2.05) is 6.20 Å². The summed E-state index contributed by atoms with van der Waals surface area (Å²) in [4.78, 5) is 25.2. The topological polar surface area (TPSA) is 64.3 Å². The molecule has 158 valence electrons. The Balaban J connectivity index is 0.000000302. The van der Waals surface area contributed by atoms with Crippen LogP contribution in [-0.2, 0) is 0 Å². The molecule has 6 nitrogen and oxygen atoms in total. The van der Waals surface area contributed by atoms with Crippen molar-refractivity contribution >= 4 is 22.6 Å². The minimum atomic E-state index is -2.21. The quantitative estimate of drug-likeness (QED) is 0.813. The predicted octanol–water partition coefficient (Wildman–Crippen LogP) is 3.75. The van der Waals surface area contributed by atoms with Gasteiger partial charge < -0.3 is 20.1 Å². The lowest BCUT2D eigenvalue weighted by Gasteiger charge is -2.44. The second-order valence-corrected chi connectivity index (χ2v) is 8.12. The first-order chi connectivity index (χ1) is 14.1. The Morgan fingerprint density at radius 1 is 1.17 bits per heavy atom. The van der Waals surface area contributed by atoms with Crippen LogP contribution in [-0.4, -0.2) is 59.5 Å². The minimum Gasteiger partial charge on any atom is -0.349 e. The maximum atomic E-state index is 12.9. The molecule has 3 heterocycles. The molecule has 2 aromatic rings. The number of H-pyrrole nitrogens is 1. The molecule has 0 atom stereocenters. The van der Waals surface area contributed by atoms with Gasteiger partial charge in [-0.2, -0.15) is 0 Å². The van der Waals surface area contributed by atoms with Gasteiger partial charge >= 0.3 is 0 Å². The highest BCUT2D eigenvalue weighted by Crippen LogP contribution is 2.40. The summed E-state index contributed by atoms with van der Waals surface area (Å²) in [5.74, 6) is 0.171. The van der Waals surface area contributed by atoms with Gasteiger partial charge in [-0.15, -0.1) is 0 Å². The number of alkyl halides is 2. The molecular weight excluding hydrogens is 376 g/mol. The number of halogens is 2. The van der Waals surface area contributed by atoms with Crippen molar-refractivity contribution in [2.75, 3.05) is 25.2 Å². The number of amides is 1. The molecule has 0 radical (unpaired) electrons. The van der Waals surface area contributed by atoms with Gasteiger partial charge in [0, 0.05) is 29.9 Å². The molecule has 3 aliphatic rings. The van der Waals surface area contributed by atoms with E-state index in [2.05, 4.69) is 31.2 Å². The molecule has 0 saturated heterocycles. The molecule has 0 bridgehead atoms. The number of hydrogen-bond acceptors (Lipinski definition) is 4. The summed E-state index contributed by atoms with van der Waals surface area (Å²) < 4.78 is 21.9. The van der Waals surface area contributed by atoms with E-state index in [1.54, 1.807) is 6.20 Å². The van der Waals surface area contributed by atoms with Crippen molar-refractivity contribution in [3.8, 4) is 0 Å². The van der Waals surface area contributed by atoms with Crippen LogP contribution in [0.15, 0.2) is 18.5 Å². The molecule has 1 amide bonds. The van der Waals surface area contributed by atoms with Gasteiger partial charge in [0.05, 0.1) is 24.5 Å². The smallest absolute Gasteiger partial charge is 0.259 e. The van der Waals surface area contributed by atoms with Crippen molar-refractivity contribution in [2.24, 2.45) is 0 Å². The van der Waals surface area contributed by atoms with Gasteiger partial charge in [-0.1, -0.05) is 19.3 Å². The zero-order valence-electron chi connectivity index (χ0n) is 16.8. The van der Waals surface area contributed by atoms with E-state index in [4.69, 9.17) is 0 Å². The number of fused-ring (bicyclic) bond motifs is 3. The van der Waals surface area contributed by atoms with Gasteiger partial charge in [0.25, 0.3) is 12.3 Å². The number of aromatic amines is 1. The number of rotatable bonds is 4. The number of nitrogens with one attached hydrogen (secondary N) is 2. The maximum Gasteiger partial charge on any atom is 0.259 e. The molecule has 2 aliphatic carbocycles. The maximum absolute atomic E-state index is 12.9. The van der Waals surface area contributed by atoms with Gasteiger partial charge in [-0.3, -0.25) is 4.79 Å². The molecule has 0 unspecified atom stereocenters. The lowest BCUT2D eigenvalue weighted by Crippen LogP contribution is -2.52. The Kier molecular flexibility index (Phi) is 5.99. The van der Waals surface area contributed by atoms with E-state index < -0.39 is 6.43 Å². The normalized spacial score (nSPS) is 20.1. The van der Waals surface area contributed by atoms with Gasteiger partial charge in [0.2, 0.25) is 0 Å². The van der Waals surface area contributed by atoms with Crippen LogP contribution < -0.4 is 10.2 Å². The van der Waals surface area contributed by atoms with Crippen LogP contribution in [0.2, 0.25) is 0 Å². The summed E-state index contributed by atoms with van der Waals surface area (Å²) in [7, 11) is 1.49. The van der Waals surface area contributed by atoms with Crippen LogP contribution in [0, 0.1) is 0 Å². The third-order valence-corrected chi connectivity index (χ3v) is 6.00. The summed E-state index contributed by atoms with van der Waals surface area (Å²) in [6.07, 6.45) is 10.2. The standard InChI is InChI=1S/C18H22N4O.C3H7F2N/c23-18-15-10-20-17-14(8-9-19-17)16(15)21(11-22(18)13-6-7-13)12-4-2-1-3-5-12;1-6-2-3(4)5/h8-10,12-13H,1-7,11H2,(H,19,20);3,6H,2H2,1H3. The fourth-order valence-corrected chi connectivity index (χ4v) is 4.43. The van der Waals surface area contributed by atoms with Gasteiger partial charge in [0.15, 0.2) is 0 Å². The van der Waals surface area contributed by atoms with E-state index in [9.17, 15) is 13.6 Å². The Hall–Kier alpha value is -2.22. The SMILES string of the molecule is CNCC(F)F.O=C1c2cnc3[nH]ccc3c2N(C2CCCCC2)CN1C1CC1. The molecule has 2 N–H and O–H groups in total. The highest BCUT2D eigenvalue weighted by Gasteiger charge is 2.41. The van der Waals surface area contributed by atoms with Gasteiger partial charge in [-0.25, -0.2) is 13.8 Å². The van der Waals surface area contributed by atoms with Gasteiger partial charge in [-0.05, 0) is 38.8 Å². The third kappa shape index (κ3) is 4.22. The van der Waals surface area contributed by atoms with Crippen molar-refractivity contribution in [2.45, 2.75) is 63.5 Å². The number of carbonyl (C=O) groups is 1. The Bertz CT molecular complexity index is 845. The van der Waals surface area contributed by atoms with Crippen molar-refractivity contribution in [3.05, 3.63) is 24.0 Å². The van der Waals surface area contributed by atoms with Crippen LogP contribution in [0.3, 0.4) is 0 Å². The molecule has 0 spiro atoms. The number of aromatic nitrogens is 2. The molecule has 0 aromatic carbocycles. The Morgan fingerprint density at radius 3 is 2.52 bits per heavy atom. The molecule has 8 heteroatoms. The molecule has 1 aliphatic heterocycles. The van der Waals surface area contributed by atoms with Gasteiger partial charge in [0.1, 0.15) is 5.65 Å². The average molecular weight is 405 g/mol. The molecule has 2 aromatic heterocycles. The monoisotopic (exact) mass is 405 g/mol. The Morgan fingerprint density at radius 2 is 1.90 bits per heavy atom. The fraction of sp³-hybridized carbons (Fsp3) is 0.619. The van der Waals surface area contributed by atoms with E-state index in [1.165, 1.54) is 39.2 Å². The van der Waals surface area contributed by atoms with Crippen molar-refractivity contribution in [3.63, 3.8) is 0 Å². The summed E-state index contributed by atoms with van der Waals surface area (Å²) >= 11 is 0. The van der Waals surface area contributed by atoms with Crippen molar-refractivity contribution in [1.29, 1.82) is 0 Å². The lowest BCUT2D eigenvalue weighted by molar-refractivity contribution is 0.0720. The summed E-state index contributed by atoms with van der Waals surface area (Å²) in [5, 5.41) is 3.41. The lowest BCUT2D eigenvalue weighted by atomic mass is 9.92. The van der Waals surface area contributed by atoms with Crippen LogP contribution >= 0.6 is 0 Å². The van der Waals surface area contributed by atoms with E-state index in [0.717, 1.165) is 41.8 Å². The zero-order valence-corrected chi connectivity index (χ0v) is 16.8. The molecular formula is C21H29F2N5O. The second kappa shape index (κ2) is 8.65. The number of hydrogen-bond donors (Lipinski definition) is 2. The van der Waals surface area contributed by atoms with E-state index in [0.29, 0.717) is 12.1 Å². The number of carbonyl (C=O) groups excluding carboxylic acids is 1. The molecule has 2 saturated carbocycles. The largest absolute Gasteiger partial charge is 0.349 e. The first-order valence-electron chi connectivity index (χ1n) is 10.6.